The third-order valence-electron chi connectivity index (χ3n) is 17.2. The number of hydrogen-bond acceptors (Lipinski definition) is 13. The van der Waals surface area contributed by atoms with E-state index in [0.717, 1.165) is 5.06 Å². The Morgan fingerprint density at radius 1 is 0.588 bits per heavy atom. The maximum Gasteiger partial charge on any atom is 0.270 e. The largest absolute Gasteiger partial charge is 0.344 e. The van der Waals surface area contributed by atoms with Gasteiger partial charge in [0.25, 0.3) is 5.91 Å². The number of nitrogens with one attached hydrogen (secondary N) is 3. The average molecular weight is 1200 g/mol. The molecular weight excluding hydrogens is 1080 g/mol. The number of Topliss-reactive ketones (excluding diaryl/α,β-unsaturated/α-hetero) is 4. The van der Waals surface area contributed by atoms with E-state index < -0.39 is 142 Å². The molecule has 0 aromatic heterocycles. The van der Waals surface area contributed by atoms with Crippen molar-refractivity contribution in [3.05, 3.63) is 12.2 Å². The maximum absolute atomic E-state index is 15.0. The Kier molecular flexibility index (Phi) is 30.0. The maximum atomic E-state index is 15.0. The Hall–Kier alpha value is -5.37. The van der Waals surface area contributed by atoms with E-state index in [-0.39, 0.29) is 86.6 Å². The van der Waals surface area contributed by atoms with Gasteiger partial charge in [-0.2, -0.15) is 0 Å². The lowest BCUT2D eigenvalue weighted by Crippen LogP contribution is -2.71. The fourth-order valence-corrected chi connectivity index (χ4v) is 12.4. The van der Waals surface area contributed by atoms with Gasteiger partial charge >= 0.3 is 0 Å². The minimum atomic E-state index is -1.22. The van der Waals surface area contributed by atoms with E-state index in [9.17, 15) is 52.7 Å². The number of amides is 7. The molecule has 0 saturated carbocycles. The van der Waals surface area contributed by atoms with Gasteiger partial charge < -0.3 is 35.6 Å². The second-order valence-corrected chi connectivity index (χ2v) is 27.5. The Morgan fingerprint density at radius 2 is 1.11 bits per heavy atom. The highest BCUT2D eigenvalue weighted by Gasteiger charge is 2.54. The number of nitrogens with zero attached hydrogens (tertiary/aromatic N) is 5. The van der Waals surface area contributed by atoms with E-state index in [2.05, 4.69) is 16.0 Å². The second kappa shape index (κ2) is 33.7. The predicted molar refractivity (Wildman–Crippen MR) is 330 cm³/mol. The molecule has 0 spiro atoms. The summed E-state index contributed by atoms with van der Waals surface area (Å²) < 4.78 is 0. The summed E-state index contributed by atoms with van der Waals surface area (Å²) in [6.45, 7) is 32.7. The van der Waals surface area contributed by atoms with Crippen LogP contribution < -0.4 is 16.0 Å². The first-order valence-corrected chi connectivity index (χ1v) is 31.4. The number of rotatable bonds is 15. The van der Waals surface area contributed by atoms with Gasteiger partial charge in [-0.3, -0.25) is 57.6 Å². The molecule has 2 heterocycles. The summed E-state index contributed by atoms with van der Waals surface area (Å²) in [5, 5.41) is 9.76. The number of carbonyl (C=O) groups is 11. The zero-order valence-corrected chi connectivity index (χ0v) is 56.3. The molecule has 13 atom stereocenters. The van der Waals surface area contributed by atoms with Crippen LogP contribution in [0.4, 0.5) is 0 Å². The lowest BCUT2D eigenvalue weighted by atomic mass is 9.76. The summed E-state index contributed by atoms with van der Waals surface area (Å²) in [6, 6.07) is -7.68. The van der Waals surface area contributed by atoms with Crippen molar-refractivity contribution in [3.63, 3.8) is 0 Å². The Balaban J connectivity index is 2.93. The molecule has 0 bridgehead atoms. The van der Waals surface area contributed by atoms with Gasteiger partial charge in [0.05, 0.1) is 24.2 Å². The van der Waals surface area contributed by atoms with Gasteiger partial charge in [-0.05, 0) is 88.5 Å². The van der Waals surface area contributed by atoms with Crippen molar-refractivity contribution in [1.29, 1.82) is 0 Å². The van der Waals surface area contributed by atoms with Crippen molar-refractivity contribution in [2.75, 3.05) is 41.8 Å². The van der Waals surface area contributed by atoms with Crippen LogP contribution in [-0.4, -0.2) is 179 Å². The summed E-state index contributed by atoms with van der Waals surface area (Å²) in [6.07, 6.45) is 3.24. The van der Waals surface area contributed by atoms with E-state index >= 15 is 0 Å². The van der Waals surface area contributed by atoms with E-state index in [0.29, 0.717) is 13.0 Å². The van der Waals surface area contributed by atoms with Crippen molar-refractivity contribution in [2.24, 2.45) is 64.6 Å². The standard InChI is InChI=1S/C65H112N8O12/c1-24-26-27-41(13)56-55-59(79)68-47(25-2)50(74)32-43(15)60(80)72(23)57(65(17,18)35-66-19)53(77)34-46(39(9)10)63(83)70(21)48(29-37(5)6)51(75)31-42(14)58(78)67-44(16)61(81)69(20)49(30-38(7)8)52(76)33-45(28-36(3)4)62(82)71(22)54(40(11)12)64(84)73(55)85-56/h24,26,36-49,54-57,66H,25,27-35H2,1-23H3,(H,67,78)(H,68,79)/b26-24+/t41-,42-,43+,44-,45-,46+,47+,48+,49+,54+,55+,56?,57-/m1/s1. The zero-order valence-electron chi connectivity index (χ0n) is 56.3. The molecule has 484 valence electrons. The molecule has 2 fully saturated rings. The minimum Gasteiger partial charge on any atom is -0.344 e. The van der Waals surface area contributed by atoms with E-state index in [1.807, 2.05) is 95.2 Å². The fourth-order valence-electron chi connectivity index (χ4n) is 12.4. The first kappa shape index (κ1) is 75.7. The summed E-state index contributed by atoms with van der Waals surface area (Å²) in [7, 11) is 7.75. The number of likely N-dealkylation sites (N-methyl/N-ethyl adjacent to an activating group) is 4. The van der Waals surface area contributed by atoms with Crippen LogP contribution in [0.2, 0.25) is 0 Å². The first-order chi connectivity index (χ1) is 39.3. The lowest BCUT2D eigenvalue weighted by Gasteiger charge is -2.50. The zero-order chi connectivity index (χ0) is 65.4. The van der Waals surface area contributed by atoms with Gasteiger partial charge in [-0.25, -0.2) is 5.06 Å². The second-order valence-electron chi connectivity index (χ2n) is 27.5. The highest BCUT2D eigenvalue weighted by molar-refractivity contribution is 6.00. The quantitative estimate of drug-likeness (QED) is 0.142. The fraction of sp³-hybridized carbons (Fsp3) is 0.800. The van der Waals surface area contributed by atoms with Gasteiger partial charge in [0.15, 0.2) is 29.2 Å². The van der Waals surface area contributed by atoms with Crippen LogP contribution in [-0.2, 0) is 57.6 Å². The highest BCUT2D eigenvalue weighted by atomic mass is 16.7. The number of hydrogen-bond donors (Lipinski definition) is 3. The van der Waals surface area contributed by atoms with E-state index in [1.54, 1.807) is 41.7 Å². The lowest BCUT2D eigenvalue weighted by molar-refractivity contribution is -0.321. The Bertz CT molecular complexity index is 2370. The SMILES string of the molecule is C/C=C/C[C@@H](C)C1ON2C(=O)[C@H](C(C)C)N(C)C(=O)[C@H](CC(C)C)CC(=O)[C@H](CC(C)C)N(C)C(=O)[C@@H](C)NC(=O)[C@H](C)CC(=O)[C@H](CC(C)C)N(C)C(=O)[C@H](C(C)C)CC(=O)[C@H](C(C)(C)CNC)N(C)C(=O)[C@@H](C)CC(=O)[C@H](CC)NC(=O)[C@H]12. The number of allylic oxidation sites excluding steroid dienone is 2. The van der Waals surface area contributed by atoms with Gasteiger partial charge in [0.2, 0.25) is 35.4 Å². The number of fused-ring (bicyclic) bond motifs is 1. The molecule has 0 aromatic rings. The van der Waals surface area contributed by atoms with Gasteiger partial charge in [0.1, 0.15) is 18.2 Å². The molecule has 0 aromatic carbocycles. The predicted octanol–water partition coefficient (Wildman–Crippen LogP) is 6.86. The molecule has 0 aliphatic carbocycles. The van der Waals surface area contributed by atoms with Crippen LogP contribution in [0, 0.1) is 64.6 Å². The molecule has 20 heteroatoms. The molecule has 85 heavy (non-hydrogen) atoms. The molecule has 20 nitrogen and oxygen atoms in total. The summed E-state index contributed by atoms with van der Waals surface area (Å²) >= 11 is 0. The molecule has 2 aliphatic rings. The Morgan fingerprint density at radius 3 is 1.59 bits per heavy atom. The van der Waals surface area contributed by atoms with Crippen LogP contribution in [0.1, 0.15) is 182 Å². The minimum absolute atomic E-state index is 0.0644. The number of ketones is 4. The average Bonchev–Trinajstić information content (AvgIpc) is 1.90. The van der Waals surface area contributed by atoms with Crippen LogP contribution >= 0.6 is 0 Å². The van der Waals surface area contributed by atoms with Crippen molar-refractivity contribution >= 4 is 64.5 Å². The molecule has 0 radical (unpaired) electrons. The van der Waals surface area contributed by atoms with E-state index in [4.69, 9.17) is 4.84 Å². The molecule has 3 N–H and O–H groups in total. The van der Waals surface area contributed by atoms with Crippen molar-refractivity contribution in [2.45, 2.75) is 231 Å². The van der Waals surface area contributed by atoms with E-state index in [1.165, 1.54) is 54.7 Å². The third-order valence-corrected chi connectivity index (χ3v) is 17.2. The summed E-state index contributed by atoms with van der Waals surface area (Å²) in [5.41, 5.74) is -0.897. The van der Waals surface area contributed by atoms with Crippen LogP contribution in [0.3, 0.4) is 0 Å². The highest BCUT2D eigenvalue weighted by Crippen LogP contribution is 2.35. The summed E-state index contributed by atoms with van der Waals surface area (Å²) in [5.74, 6) is -10.7. The monoisotopic (exact) mass is 1200 g/mol. The van der Waals surface area contributed by atoms with Crippen molar-refractivity contribution in [1.82, 2.24) is 40.6 Å². The molecule has 2 rings (SSSR count). The number of hydroxylamine groups is 2. The third kappa shape index (κ3) is 20.3. The molecule has 7 amide bonds. The van der Waals surface area contributed by atoms with Crippen LogP contribution in [0.5, 0.6) is 0 Å². The Labute approximate surface area is 510 Å². The smallest absolute Gasteiger partial charge is 0.270 e. The normalized spacial score (nSPS) is 29.0. The number of carbonyl (C=O) groups excluding carboxylic acids is 11. The van der Waals surface area contributed by atoms with Gasteiger partial charge in [0, 0.05) is 89.5 Å². The van der Waals surface area contributed by atoms with Gasteiger partial charge in [-0.1, -0.05) is 123 Å². The molecule has 2 saturated heterocycles. The van der Waals surface area contributed by atoms with Crippen molar-refractivity contribution < 1.29 is 57.6 Å². The summed E-state index contributed by atoms with van der Waals surface area (Å²) in [4.78, 5) is 172. The first-order valence-electron chi connectivity index (χ1n) is 31.4. The molecule has 2 aliphatic heterocycles. The topological polar surface area (TPSA) is 249 Å². The van der Waals surface area contributed by atoms with Crippen LogP contribution in [0.25, 0.3) is 0 Å². The van der Waals surface area contributed by atoms with Crippen molar-refractivity contribution in [3.8, 4) is 0 Å². The van der Waals surface area contributed by atoms with Gasteiger partial charge in [-0.15, -0.1) is 0 Å². The molecular formula is C65H112N8O12. The van der Waals surface area contributed by atoms with Crippen LogP contribution in [0.15, 0.2) is 12.2 Å². The molecule has 1 unspecified atom stereocenters.